The van der Waals surface area contributed by atoms with Crippen LogP contribution in [-0.2, 0) is 9.47 Å². The van der Waals surface area contributed by atoms with Crippen LogP contribution >= 0.6 is 11.6 Å². The van der Waals surface area contributed by atoms with Crippen molar-refractivity contribution in [3.05, 3.63) is 0 Å². The van der Waals surface area contributed by atoms with Crippen molar-refractivity contribution in [2.75, 3.05) is 19.1 Å². The zero-order valence-electron chi connectivity index (χ0n) is 10.8. The third-order valence-electron chi connectivity index (χ3n) is 2.53. The largest absolute Gasteiger partial charge is 0.353 e. The first-order chi connectivity index (χ1) is 7.85. The van der Waals surface area contributed by atoms with Gasteiger partial charge in [-0.05, 0) is 26.3 Å². The molecule has 0 unspecified atom stereocenters. The fourth-order valence-corrected chi connectivity index (χ4v) is 3.55. The maximum atomic E-state index is 5.63. The van der Waals surface area contributed by atoms with Gasteiger partial charge < -0.3 is 9.47 Å². The molecule has 2 nitrogen and oxygen atoms in total. The molecule has 0 aliphatic carbocycles. The van der Waals surface area contributed by atoms with Crippen LogP contribution in [0.4, 0.5) is 0 Å². The molecule has 0 aromatic rings. The van der Waals surface area contributed by atoms with E-state index < -0.39 is 0 Å². The maximum Gasteiger partial charge on any atom is 0.154 e. The second kappa shape index (κ2) is 13.5. The van der Waals surface area contributed by atoms with E-state index in [0.717, 1.165) is 25.1 Å². The zero-order chi connectivity index (χ0) is 12.1. The van der Waals surface area contributed by atoms with Gasteiger partial charge in [0.05, 0.1) is 0 Å². The number of unbranched alkanes of at least 4 members (excludes halogenated alkanes) is 3. The average Bonchev–Trinajstić information content (AvgIpc) is 2.28. The average molecular weight is 267 g/mol. The normalized spacial score (nSPS) is 12.0. The van der Waals surface area contributed by atoms with Crippen LogP contribution in [0.25, 0.3) is 0 Å². The predicted octanol–water partition coefficient (Wildman–Crippen LogP) is 3.19. The molecular formula is C12H27ClO2Si. The fourth-order valence-electron chi connectivity index (χ4n) is 1.70. The number of alkyl halides is 1. The van der Waals surface area contributed by atoms with Crippen molar-refractivity contribution < 1.29 is 9.47 Å². The molecule has 0 N–H and O–H groups in total. The van der Waals surface area contributed by atoms with Crippen LogP contribution in [0, 0.1) is 0 Å². The number of ether oxygens (including phenoxy) is 2. The number of rotatable bonds is 12. The minimum Gasteiger partial charge on any atom is -0.353 e. The summed E-state index contributed by atoms with van der Waals surface area (Å²) in [4.78, 5) is 0. The van der Waals surface area contributed by atoms with Gasteiger partial charge in [0.2, 0.25) is 0 Å². The summed E-state index contributed by atoms with van der Waals surface area (Å²) in [6.45, 7) is 5.57. The lowest BCUT2D eigenvalue weighted by Crippen LogP contribution is -2.18. The van der Waals surface area contributed by atoms with Gasteiger partial charge in [-0.2, -0.15) is 0 Å². The zero-order valence-corrected chi connectivity index (χ0v) is 13.0. The third-order valence-corrected chi connectivity index (χ3v) is 4.68. The molecule has 0 aliphatic rings. The fraction of sp³-hybridized carbons (Fsp3) is 1.00. The summed E-state index contributed by atoms with van der Waals surface area (Å²) in [7, 11) is 0.00600. The molecule has 0 aliphatic heterocycles. The minimum atomic E-state index is 0.00600. The highest BCUT2D eigenvalue weighted by Crippen LogP contribution is 2.07. The van der Waals surface area contributed by atoms with E-state index in [4.69, 9.17) is 21.1 Å². The first-order valence-corrected chi connectivity index (χ1v) is 9.17. The molecule has 0 aromatic carbocycles. The van der Waals surface area contributed by atoms with Gasteiger partial charge in [0.1, 0.15) is 0 Å². The molecule has 0 radical (unpaired) electrons. The Morgan fingerprint density at radius 2 is 1.62 bits per heavy atom. The van der Waals surface area contributed by atoms with Gasteiger partial charge >= 0.3 is 0 Å². The van der Waals surface area contributed by atoms with Crippen LogP contribution in [0.5, 0.6) is 0 Å². The molecule has 0 heterocycles. The van der Waals surface area contributed by atoms with E-state index in [2.05, 4.69) is 0 Å². The highest BCUT2D eigenvalue weighted by molar-refractivity contribution is 6.35. The van der Waals surface area contributed by atoms with Gasteiger partial charge in [-0.3, -0.25) is 0 Å². The van der Waals surface area contributed by atoms with Crippen molar-refractivity contribution in [1.82, 2.24) is 0 Å². The maximum absolute atomic E-state index is 5.63. The van der Waals surface area contributed by atoms with E-state index in [1.807, 2.05) is 13.8 Å². The van der Waals surface area contributed by atoms with Crippen molar-refractivity contribution >= 4 is 21.1 Å². The summed E-state index contributed by atoms with van der Waals surface area (Å²) < 4.78 is 11.0. The third kappa shape index (κ3) is 10.9. The lowest BCUT2D eigenvalue weighted by Gasteiger charge is -2.16. The Hall–Kier alpha value is 0.427. The van der Waals surface area contributed by atoms with Gasteiger partial charge in [-0.25, -0.2) is 0 Å². The first kappa shape index (κ1) is 16.4. The van der Waals surface area contributed by atoms with Crippen molar-refractivity contribution in [2.45, 2.75) is 57.9 Å². The van der Waals surface area contributed by atoms with Crippen molar-refractivity contribution in [1.29, 1.82) is 0 Å². The molecule has 0 amide bonds. The molecule has 0 saturated heterocycles. The molecule has 0 aromatic heterocycles. The summed E-state index contributed by atoms with van der Waals surface area (Å²) in [5.41, 5.74) is 0. The highest BCUT2D eigenvalue weighted by atomic mass is 35.5. The van der Waals surface area contributed by atoms with E-state index in [1.165, 1.54) is 31.7 Å². The van der Waals surface area contributed by atoms with Crippen LogP contribution in [0.15, 0.2) is 0 Å². The van der Waals surface area contributed by atoms with Crippen LogP contribution in [0.2, 0.25) is 12.1 Å². The van der Waals surface area contributed by atoms with E-state index in [1.54, 1.807) is 0 Å². The quantitative estimate of drug-likeness (QED) is 0.234. The molecule has 0 saturated carbocycles. The smallest absolute Gasteiger partial charge is 0.154 e. The molecule has 0 rings (SSSR count). The Morgan fingerprint density at radius 1 is 1.00 bits per heavy atom. The molecule has 0 spiro atoms. The summed E-state index contributed by atoms with van der Waals surface area (Å²) >= 11 is 5.63. The Bertz CT molecular complexity index is 130. The molecule has 98 valence electrons. The van der Waals surface area contributed by atoms with Crippen molar-refractivity contribution in [3.63, 3.8) is 0 Å². The summed E-state index contributed by atoms with van der Waals surface area (Å²) in [5.74, 6) is 0.814. The first-order valence-electron chi connectivity index (χ1n) is 6.64. The lowest BCUT2D eigenvalue weighted by atomic mass is 10.2. The molecule has 0 fully saturated rings. The molecule has 0 bridgehead atoms. The van der Waals surface area contributed by atoms with Crippen LogP contribution in [-0.4, -0.2) is 34.9 Å². The summed E-state index contributed by atoms with van der Waals surface area (Å²) in [6, 6.07) is 2.58. The van der Waals surface area contributed by atoms with E-state index in [0.29, 0.717) is 0 Å². The highest BCUT2D eigenvalue weighted by Gasteiger charge is 2.06. The number of hydrogen-bond donors (Lipinski definition) is 0. The summed E-state index contributed by atoms with van der Waals surface area (Å²) in [6.07, 6.45) is 5.24. The predicted molar refractivity (Wildman–Crippen MR) is 74.4 cm³/mol. The van der Waals surface area contributed by atoms with E-state index in [9.17, 15) is 0 Å². The molecule has 0 atom stereocenters. The van der Waals surface area contributed by atoms with Gasteiger partial charge in [-0.1, -0.05) is 25.3 Å². The standard InChI is InChI=1S/C12H27ClO2Si/c1-3-14-12(15-4-2)11-16-10-8-6-5-7-9-13/h12H,3-11,16H2,1-2H3. The van der Waals surface area contributed by atoms with Crippen molar-refractivity contribution in [2.24, 2.45) is 0 Å². The Kier molecular flexibility index (Phi) is 13.9. The minimum absolute atomic E-state index is 0.00600. The van der Waals surface area contributed by atoms with Gasteiger partial charge in [-0.15, -0.1) is 11.6 Å². The second-order valence-electron chi connectivity index (χ2n) is 3.94. The van der Waals surface area contributed by atoms with Gasteiger partial charge in [0.15, 0.2) is 6.29 Å². The molecule has 4 heteroatoms. The van der Waals surface area contributed by atoms with E-state index >= 15 is 0 Å². The van der Waals surface area contributed by atoms with Crippen LogP contribution in [0.1, 0.15) is 39.5 Å². The van der Waals surface area contributed by atoms with Gasteiger partial charge in [0, 0.05) is 28.6 Å². The molecule has 16 heavy (non-hydrogen) atoms. The van der Waals surface area contributed by atoms with Crippen molar-refractivity contribution in [3.8, 4) is 0 Å². The lowest BCUT2D eigenvalue weighted by molar-refractivity contribution is -0.123. The van der Waals surface area contributed by atoms with Crippen LogP contribution < -0.4 is 0 Å². The number of halogens is 1. The Labute approximate surface area is 108 Å². The SMILES string of the molecule is CCOC(C[SiH2]CCCCCCCl)OCC. The molecular weight excluding hydrogens is 240 g/mol. The Morgan fingerprint density at radius 3 is 2.19 bits per heavy atom. The topological polar surface area (TPSA) is 18.5 Å². The second-order valence-corrected chi connectivity index (χ2v) is 6.31. The Balaban J connectivity index is 3.25. The monoisotopic (exact) mass is 266 g/mol. The van der Waals surface area contributed by atoms with Gasteiger partial charge in [0.25, 0.3) is 0 Å². The van der Waals surface area contributed by atoms with Crippen LogP contribution in [0.3, 0.4) is 0 Å². The van der Waals surface area contributed by atoms with E-state index in [-0.39, 0.29) is 15.8 Å². The number of hydrogen-bond acceptors (Lipinski definition) is 2. The summed E-state index contributed by atoms with van der Waals surface area (Å²) in [5, 5.41) is 0.